The fourth-order valence-corrected chi connectivity index (χ4v) is 5.75. The molecule has 5 aromatic rings. The minimum atomic E-state index is -0.0686. The standard InChI is InChI=1S/C33H35N7O/c1-5-40-31-26(18-29(32(40)41)28-11-8-25(16-21(28)2)30-17-22(3)35-20-36-30)19-34-33(38-31)37-27-9-6-23(7-10-27)24-12-14-39(4)15-13-24/h6-11,16-20,24H,5,12-15H2,1-4H3,(H,34,37,38). The number of piperidine rings is 1. The molecule has 0 unspecified atom stereocenters. The van der Waals surface area contributed by atoms with E-state index in [4.69, 9.17) is 4.98 Å². The van der Waals surface area contributed by atoms with Crippen molar-refractivity contribution in [3.63, 3.8) is 0 Å². The van der Waals surface area contributed by atoms with Gasteiger partial charge in [0.25, 0.3) is 5.56 Å². The molecule has 0 bridgehead atoms. The van der Waals surface area contributed by atoms with E-state index in [1.54, 1.807) is 17.1 Å². The number of pyridine rings is 1. The van der Waals surface area contributed by atoms with Crippen LogP contribution in [-0.2, 0) is 6.54 Å². The van der Waals surface area contributed by atoms with Gasteiger partial charge in [-0.15, -0.1) is 0 Å². The van der Waals surface area contributed by atoms with Gasteiger partial charge in [-0.25, -0.2) is 15.0 Å². The Kier molecular flexibility index (Phi) is 7.32. The molecule has 1 aliphatic rings. The van der Waals surface area contributed by atoms with Gasteiger partial charge in [0.2, 0.25) is 5.95 Å². The molecule has 0 radical (unpaired) electrons. The Hall–Kier alpha value is -4.43. The first-order chi connectivity index (χ1) is 19.9. The van der Waals surface area contributed by atoms with E-state index in [0.717, 1.165) is 52.2 Å². The van der Waals surface area contributed by atoms with E-state index < -0.39 is 0 Å². The topological polar surface area (TPSA) is 88.8 Å². The minimum Gasteiger partial charge on any atom is -0.324 e. The number of nitrogens with one attached hydrogen (secondary N) is 1. The number of aryl methyl sites for hydroxylation is 3. The van der Waals surface area contributed by atoms with Crippen LogP contribution < -0.4 is 10.9 Å². The van der Waals surface area contributed by atoms with Gasteiger partial charge in [-0.2, -0.15) is 4.98 Å². The molecule has 3 aromatic heterocycles. The summed E-state index contributed by atoms with van der Waals surface area (Å²) in [7, 11) is 2.19. The molecule has 8 nitrogen and oxygen atoms in total. The van der Waals surface area contributed by atoms with E-state index in [0.29, 0.717) is 29.6 Å². The number of rotatable bonds is 6. The molecule has 0 saturated carbocycles. The van der Waals surface area contributed by atoms with Gasteiger partial charge in [0.15, 0.2) is 0 Å². The van der Waals surface area contributed by atoms with E-state index in [9.17, 15) is 4.79 Å². The summed E-state index contributed by atoms with van der Waals surface area (Å²) < 4.78 is 1.72. The van der Waals surface area contributed by atoms with Gasteiger partial charge in [0.1, 0.15) is 12.0 Å². The van der Waals surface area contributed by atoms with Crippen molar-refractivity contribution in [3.05, 3.63) is 94.3 Å². The van der Waals surface area contributed by atoms with Gasteiger partial charge in [-0.3, -0.25) is 9.36 Å². The summed E-state index contributed by atoms with van der Waals surface area (Å²) in [6, 6.07) is 18.5. The Labute approximate surface area is 240 Å². The zero-order valence-electron chi connectivity index (χ0n) is 24.1. The summed E-state index contributed by atoms with van der Waals surface area (Å²) in [6.45, 7) is 8.73. The number of benzene rings is 2. The zero-order valence-corrected chi connectivity index (χ0v) is 24.1. The van der Waals surface area contributed by atoms with Gasteiger partial charge in [0, 0.05) is 40.6 Å². The first kappa shape index (κ1) is 26.8. The normalized spacial score (nSPS) is 14.4. The minimum absolute atomic E-state index is 0.0686. The van der Waals surface area contributed by atoms with Crippen molar-refractivity contribution in [2.24, 2.45) is 0 Å². The molecule has 2 aromatic carbocycles. The highest BCUT2D eigenvalue weighted by atomic mass is 16.1. The molecule has 41 heavy (non-hydrogen) atoms. The van der Waals surface area contributed by atoms with Crippen LogP contribution in [0, 0.1) is 13.8 Å². The molecule has 0 aliphatic carbocycles. The van der Waals surface area contributed by atoms with Crippen molar-refractivity contribution in [1.82, 2.24) is 29.4 Å². The van der Waals surface area contributed by atoms with Gasteiger partial charge < -0.3 is 10.2 Å². The average Bonchev–Trinajstić information content (AvgIpc) is 2.98. The van der Waals surface area contributed by atoms with Crippen LogP contribution in [0.4, 0.5) is 11.6 Å². The van der Waals surface area contributed by atoms with Crippen LogP contribution >= 0.6 is 0 Å². The molecule has 6 rings (SSSR count). The fourth-order valence-electron chi connectivity index (χ4n) is 5.75. The quantitative estimate of drug-likeness (QED) is 0.276. The maximum absolute atomic E-state index is 13.7. The molecule has 1 N–H and O–H groups in total. The fraction of sp³-hybridized carbons (Fsp3) is 0.303. The highest BCUT2D eigenvalue weighted by Gasteiger charge is 2.19. The van der Waals surface area contributed by atoms with Gasteiger partial charge in [0.05, 0.1) is 5.69 Å². The molecule has 0 atom stereocenters. The van der Waals surface area contributed by atoms with Crippen molar-refractivity contribution in [3.8, 4) is 22.4 Å². The summed E-state index contributed by atoms with van der Waals surface area (Å²) >= 11 is 0. The predicted octanol–water partition coefficient (Wildman–Crippen LogP) is 6.11. The Morgan fingerprint density at radius 2 is 1.71 bits per heavy atom. The molecule has 0 spiro atoms. The predicted molar refractivity (Wildman–Crippen MR) is 165 cm³/mol. The van der Waals surface area contributed by atoms with Crippen molar-refractivity contribution >= 4 is 22.7 Å². The summed E-state index contributed by atoms with van der Waals surface area (Å²) in [5.74, 6) is 1.08. The first-order valence-electron chi connectivity index (χ1n) is 14.3. The smallest absolute Gasteiger partial charge is 0.260 e. The molecule has 0 amide bonds. The number of aromatic nitrogens is 5. The first-order valence-corrected chi connectivity index (χ1v) is 14.3. The number of hydrogen-bond donors (Lipinski definition) is 1. The number of nitrogens with zero attached hydrogens (tertiary/aromatic N) is 6. The largest absolute Gasteiger partial charge is 0.324 e. The molecular formula is C33H35N7O. The van der Waals surface area contributed by atoms with E-state index in [1.807, 2.05) is 45.0 Å². The monoisotopic (exact) mass is 545 g/mol. The maximum atomic E-state index is 13.7. The van der Waals surface area contributed by atoms with E-state index in [1.165, 1.54) is 18.4 Å². The van der Waals surface area contributed by atoms with Crippen molar-refractivity contribution < 1.29 is 0 Å². The summed E-state index contributed by atoms with van der Waals surface area (Å²) in [5.41, 5.74) is 8.15. The Morgan fingerprint density at radius 3 is 2.41 bits per heavy atom. The van der Waals surface area contributed by atoms with Crippen molar-refractivity contribution in [2.75, 3.05) is 25.5 Å². The third-order valence-electron chi connectivity index (χ3n) is 8.12. The second-order valence-electron chi connectivity index (χ2n) is 11.0. The van der Waals surface area contributed by atoms with Crippen LogP contribution in [0.3, 0.4) is 0 Å². The molecular weight excluding hydrogens is 510 g/mol. The van der Waals surface area contributed by atoms with Crippen LogP contribution in [-0.4, -0.2) is 49.5 Å². The molecule has 1 fully saturated rings. The summed E-state index contributed by atoms with van der Waals surface area (Å²) in [4.78, 5) is 34.0. The Balaban J connectivity index is 1.28. The number of anilines is 2. The van der Waals surface area contributed by atoms with Gasteiger partial charge in [-0.1, -0.05) is 24.3 Å². The van der Waals surface area contributed by atoms with Gasteiger partial charge in [-0.05, 0) is 107 Å². The highest BCUT2D eigenvalue weighted by Crippen LogP contribution is 2.30. The highest BCUT2D eigenvalue weighted by molar-refractivity contribution is 5.83. The third-order valence-corrected chi connectivity index (χ3v) is 8.12. The van der Waals surface area contributed by atoms with E-state index >= 15 is 0 Å². The number of hydrogen-bond acceptors (Lipinski definition) is 7. The average molecular weight is 546 g/mol. The van der Waals surface area contributed by atoms with E-state index in [2.05, 4.69) is 62.5 Å². The van der Waals surface area contributed by atoms with Crippen molar-refractivity contribution in [1.29, 1.82) is 0 Å². The Morgan fingerprint density at radius 1 is 0.927 bits per heavy atom. The van der Waals surface area contributed by atoms with Crippen LogP contribution in [0.25, 0.3) is 33.4 Å². The lowest BCUT2D eigenvalue weighted by Crippen LogP contribution is -2.29. The lowest BCUT2D eigenvalue weighted by atomic mass is 9.89. The second kappa shape index (κ2) is 11.2. The molecule has 1 aliphatic heterocycles. The number of likely N-dealkylation sites (tertiary alicyclic amines) is 1. The lowest BCUT2D eigenvalue weighted by molar-refractivity contribution is 0.255. The summed E-state index contributed by atoms with van der Waals surface area (Å²) in [5, 5.41) is 4.15. The van der Waals surface area contributed by atoms with Crippen LogP contribution in [0.2, 0.25) is 0 Å². The maximum Gasteiger partial charge on any atom is 0.260 e. The number of fused-ring (bicyclic) bond motifs is 1. The second-order valence-corrected chi connectivity index (χ2v) is 11.0. The Bertz CT molecular complexity index is 1770. The van der Waals surface area contributed by atoms with Crippen molar-refractivity contribution in [2.45, 2.75) is 46.1 Å². The molecule has 208 valence electrons. The van der Waals surface area contributed by atoms with Crippen LogP contribution in [0.15, 0.2) is 71.9 Å². The third kappa shape index (κ3) is 5.47. The lowest BCUT2D eigenvalue weighted by Gasteiger charge is -2.29. The molecule has 4 heterocycles. The van der Waals surface area contributed by atoms with E-state index in [-0.39, 0.29) is 5.56 Å². The molecule has 1 saturated heterocycles. The van der Waals surface area contributed by atoms with Gasteiger partial charge >= 0.3 is 0 Å². The van der Waals surface area contributed by atoms with Crippen LogP contribution in [0.1, 0.15) is 42.5 Å². The SMILES string of the molecule is CCn1c(=O)c(-c2ccc(-c3cc(C)ncn3)cc2C)cc2cnc(Nc3ccc(C4CCN(C)CC4)cc3)nc21. The summed E-state index contributed by atoms with van der Waals surface area (Å²) in [6.07, 6.45) is 5.75. The zero-order chi connectivity index (χ0) is 28.5. The van der Waals surface area contributed by atoms with Crippen LogP contribution in [0.5, 0.6) is 0 Å². The molecule has 8 heteroatoms.